The van der Waals surface area contributed by atoms with Crippen molar-refractivity contribution in [3.63, 3.8) is 0 Å². The fourth-order valence-corrected chi connectivity index (χ4v) is 3.48. The molecule has 1 amide bonds. The fourth-order valence-electron chi connectivity index (χ4n) is 3.48. The maximum absolute atomic E-state index is 12.1. The molecule has 1 aliphatic heterocycles. The van der Waals surface area contributed by atoms with Crippen molar-refractivity contribution in [2.45, 2.75) is 19.3 Å². The number of para-hydroxylation sites is 1. The summed E-state index contributed by atoms with van der Waals surface area (Å²) in [6.07, 6.45) is 3.79. The number of fused-ring (bicyclic) bond motifs is 1. The number of H-pyrrole nitrogens is 1. The van der Waals surface area contributed by atoms with Gasteiger partial charge in [-0.1, -0.05) is 18.2 Å². The molecule has 4 rings (SSSR count). The zero-order valence-electron chi connectivity index (χ0n) is 15.6. The third-order valence-electron chi connectivity index (χ3n) is 4.95. The molecular formula is C21H23N5O2. The van der Waals surface area contributed by atoms with Crippen molar-refractivity contribution in [1.82, 2.24) is 4.98 Å². The number of aromatic nitrogens is 1. The number of nitrogens with one attached hydrogen (secondary N) is 2. The van der Waals surface area contributed by atoms with Crippen molar-refractivity contribution in [1.29, 1.82) is 0 Å². The van der Waals surface area contributed by atoms with Gasteiger partial charge < -0.3 is 20.3 Å². The Morgan fingerprint density at radius 1 is 1.07 bits per heavy atom. The molecule has 0 radical (unpaired) electrons. The first-order chi connectivity index (χ1) is 13.7. The van der Waals surface area contributed by atoms with E-state index in [1.165, 1.54) is 24.9 Å². The predicted molar refractivity (Wildman–Crippen MR) is 110 cm³/mol. The number of carbonyl (C=O) groups excluding carboxylic acids is 1. The van der Waals surface area contributed by atoms with Crippen LogP contribution in [0.5, 0.6) is 5.88 Å². The van der Waals surface area contributed by atoms with Gasteiger partial charge in [-0.3, -0.25) is 4.79 Å². The maximum atomic E-state index is 12.1. The van der Waals surface area contributed by atoms with E-state index >= 15 is 0 Å². The molecule has 1 fully saturated rings. The normalized spacial score (nSPS) is 14.6. The Bertz CT molecular complexity index is 988. The van der Waals surface area contributed by atoms with E-state index in [9.17, 15) is 9.90 Å². The second-order valence-electron chi connectivity index (χ2n) is 6.91. The van der Waals surface area contributed by atoms with Crippen molar-refractivity contribution in [2.24, 2.45) is 10.2 Å². The van der Waals surface area contributed by atoms with Crippen LogP contribution in [-0.4, -0.2) is 35.6 Å². The van der Waals surface area contributed by atoms with Gasteiger partial charge in [0.2, 0.25) is 5.88 Å². The molecule has 3 aromatic rings. The average molecular weight is 377 g/mol. The Morgan fingerprint density at radius 3 is 2.61 bits per heavy atom. The van der Waals surface area contributed by atoms with Crippen LogP contribution < -0.4 is 10.2 Å². The monoisotopic (exact) mass is 377 g/mol. The summed E-state index contributed by atoms with van der Waals surface area (Å²) in [6, 6.07) is 15.4. The number of nitrogens with zero attached hydrogens (tertiary/aromatic N) is 3. The molecule has 0 atom stereocenters. The fraction of sp³-hybridized carbons (Fsp3) is 0.286. The first-order valence-electron chi connectivity index (χ1n) is 9.54. The molecule has 7 nitrogen and oxygen atoms in total. The molecule has 1 aromatic heterocycles. The largest absolute Gasteiger partial charge is 0.493 e. The van der Waals surface area contributed by atoms with Gasteiger partial charge in [0.1, 0.15) is 0 Å². The van der Waals surface area contributed by atoms with Gasteiger partial charge in [0, 0.05) is 29.9 Å². The van der Waals surface area contributed by atoms with E-state index < -0.39 is 5.91 Å². The summed E-state index contributed by atoms with van der Waals surface area (Å²) >= 11 is 0. The number of hydrogen-bond acceptors (Lipinski definition) is 5. The van der Waals surface area contributed by atoms with Gasteiger partial charge in [-0.25, -0.2) is 0 Å². The van der Waals surface area contributed by atoms with Crippen LogP contribution in [-0.2, 0) is 4.79 Å². The predicted octanol–water partition coefficient (Wildman–Crippen LogP) is 4.59. The Hall–Kier alpha value is -3.35. The van der Waals surface area contributed by atoms with E-state index in [1.807, 2.05) is 36.4 Å². The maximum Gasteiger partial charge on any atom is 0.283 e. The second kappa shape index (κ2) is 8.12. The minimum atomic E-state index is -0.412. The standard InChI is InChI=1S/C21H23N5O2/c27-19(24-25-20-17-6-2-3-7-18(17)23-21(20)28)14-22-15-8-10-16(11-9-15)26-12-4-1-5-13-26/h2-3,6-11,22-23,28H,1,4-5,12-14H2. The van der Waals surface area contributed by atoms with Crippen LogP contribution in [0.25, 0.3) is 10.9 Å². The summed E-state index contributed by atoms with van der Waals surface area (Å²) in [4.78, 5) is 17.3. The highest BCUT2D eigenvalue weighted by molar-refractivity contribution is 5.94. The molecule has 1 saturated heterocycles. The molecule has 0 saturated carbocycles. The molecule has 3 N–H and O–H groups in total. The van der Waals surface area contributed by atoms with E-state index in [-0.39, 0.29) is 18.1 Å². The van der Waals surface area contributed by atoms with Crippen LogP contribution in [0.2, 0.25) is 0 Å². The van der Waals surface area contributed by atoms with Gasteiger partial charge in [-0.2, -0.15) is 0 Å². The van der Waals surface area contributed by atoms with Crippen LogP contribution in [0, 0.1) is 0 Å². The molecule has 0 spiro atoms. The van der Waals surface area contributed by atoms with Crippen LogP contribution in [0.3, 0.4) is 0 Å². The number of rotatable bonds is 5. The zero-order valence-corrected chi connectivity index (χ0v) is 15.6. The van der Waals surface area contributed by atoms with E-state index in [0.29, 0.717) is 0 Å². The lowest BCUT2D eigenvalue weighted by atomic mass is 10.1. The minimum Gasteiger partial charge on any atom is -0.493 e. The summed E-state index contributed by atoms with van der Waals surface area (Å²) in [5, 5.41) is 21.4. The smallest absolute Gasteiger partial charge is 0.283 e. The highest BCUT2D eigenvalue weighted by atomic mass is 16.3. The van der Waals surface area contributed by atoms with Gasteiger partial charge >= 0.3 is 0 Å². The van der Waals surface area contributed by atoms with Gasteiger partial charge in [-0.15, -0.1) is 10.2 Å². The summed E-state index contributed by atoms with van der Waals surface area (Å²) in [5.41, 5.74) is 3.09. The molecule has 2 aromatic carbocycles. The third kappa shape index (κ3) is 3.98. The minimum absolute atomic E-state index is 0.0374. The Balaban J connectivity index is 1.35. The quantitative estimate of drug-likeness (QED) is 0.567. The van der Waals surface area contributed by atoms with E-state index in [0.717, 1.165) is 29.7 Å². The number of azo groups is 1. The molecule has 144 valence electrons. The summed E-state index contributed by atoms with van der Waals surface area (Å²) in [6.45, 7) is 2.24. The molecule has 28 heavy (non-hydrogen) atoms. The highest BCUT2D eigenvalue weighted by Crippen LogP contribution is 2.35. The first kappa shape index (κ1) is 18.0. The molecule has 0 bridgehead atoms. The molecule has 0 aliphatic carbocycles. The van der Waals surface area contributed by atoms with Gasteiger partial charge in [-0.05, 0) is 49.6 Å². The van der Waals surface area contributed by atoms with E-state index in [2.05, 4.69) is 37.6 Å². The number of aromatic amines is 1. The lowest BCUT2D eigenvalue weighted by Crippen LogP contribution is -2.29. The number of amides is 1. The van der Waals surface area contributed by atoms with Crippen molar-refractivity contribution >= 4 is 33.9 Å². The van der Waals surface area contributed by atoms with Crippen LogP contribution in [0.4, 0.5) is 17.1 Å². The first-order valence-corrected chi connectivity index (χ1v) is 9.54. The van der Waals surface area contributed by atoms with E-state index in [1.54, 1.807) is 0 Å². The second-order valence-corrected chi connectivity index (χ2v) is 6.91. The molecular weight excluding hydrogens is 354 g/mol. The SMILES string of the molecule is O=C(CNc1ccc(N2CCCCC2)cc1)N=Nc1c(O)[nH]c2ccccc12. The molecule has 1 aliphatic rings. The number of benzene rings is 2. The van der Waals surface area contributed by atoms with Crippen molar-refractivity contribution in [3.8, 4) is 5.88 Å². The number of carbonyl (C=O) groups is 1. The highest BCUT2D eigenvalue weighted by Gasteiger charge is 2.11. The van der Waals surface area contributed by atoms with Crippen molar-refractivity contribution < 1.29 is 9.90 Å². The van der Waals surface area contributed by atoms with Gasteiger partial charge in [0.15, 0.2) is 5.69 Å². The number of aromatic hydroxyl groups is 1. The lowest BCUT2D eigenvalue weighted by molar-refractivity contribution is -0.116. The molecule has 0 unspecified atom stereocenters. The third-order valence-corrected chi connectivity index (χ3v) is 4.95. The summed E-state index contributed by atoms with van der Waals surface area (Å²) in [7, 11) is 0. The van der Waals surface area contributed by atoms with Crippen LogP contribution in [0.1, 0.15) is 19.3 Å². The summed E-state index contributed by atoms with van der Waals surface area (Å²) in [5.74, 6) is -0.510. The number of anilines is 2. The van der Waals surface area contributed by atoms with Gasteiger partial charge in [0.05, 0.1) is 12.1 Å². The van der Waals surface area contributed by atoms with Gasteiger partial charge in [0.25, 0.3) is 5.91 Å². The number of piperidine rings is 1. The van der Waals surface area contributed by atoms with Crippen molar-refractivity contribution in [2.75, 3.05) is 29.9 Å². The zero-order chi connectivity index (χ0) is 19.3. The Morgan fingerprint density at radius 2 is 1.82 bits per heavy atom. The Labute approximate surface area is 163 Å². The lowest BCUT2D eigenvalue weighted by Gasteiger charge is -2.28. The van der Waals surface area contributed by atoms with E-state index in [4.69, 9.17) is 0 Å². The summed E-state index contributed by atoms with van der Waals surface area (Å²) < 4.78 is 0. The molecule has 2 heterocycles. The Kier molecular flexibility index (Phi) is 5.23. The van der Waals surface area contributed by atoms with Crippen molar-refractivity contribution in [3.05, 3.63) is 48.5 Å². The topological polar surface area (TPSA) is 93.1 Å². The number of hydrogen-bond donors (Lipinski definition) is 3. The van der Waals surface area contributed by atoms with Crippen LogP contribution >= 0.6 is 0 Å². The van der Waals surface area contributed by atoms with Crippen LogP contribution in [0.15, 0.2) is 58.8 Å². The average Bonchev–Trinajstić information content (AvgIpc) is 3.06. The molecule has 7 heteroatoms.